The Labute approximate surface area is 274 Å². The van der Waals surface area contributed by atoms with Gasteiger partial charge in [-0.1, -0.05) is 32.3 Å². The molecule has 3 aromatic rings. The topological polar surface area (TPSA) is 234 Å². The highest BCUT2D eigenvalue weighted by Gasteiger charge is 2.35. The third-order valence-corrected chi connectivity index (χ3v) is 7.24. The molecule has 1 aliphatic rings. The summed E-state index contributed by atoms with van der Waals surface area (Å²) in [6, 6.07) is 5.94. The molecule has 0 amide bonds. The van der Waals surface area contributed by atoms with E-state index < -0.39 is 70.2 Å². The summed E-state index contributed by atoms with van der Waals surface area (Å²) in [5.41, 5.74) is -0.873. The van der Waals surface area contributed by atoms with E-state index >= 15 is 0 Å². The molecule has 0 saturated heterocycles. The number of esters is 2. The Morgan fingerprint density at radius 1 is 0.875 bits per heavy atom. The number of phenolic OH excluding ortho intramolecular Hbond substituents is 3. The van der Waals surface area contributed by atoms with Crippen molar-refractivity contribution in [2.24, 2.45) is 0 Å². The molecule has 14 heteroatoms. The van der Waals surface area contributed by atoms with Gasteiger partial charge in [0.25, 0.3) is 0 Å². The number of phenols is 4. The van der Waals surface area contributed by atoms with Gasteiger partial charge in [-0.05, 0) is 49.9 Å². The molecule has 4 rings (SSSR count). The number of rotatable bonds is 11. The second kappa shape index (κ2) is 16.0. The van der Waals surface area contributed by atoms with Gasteiger partial charge in [0.1, 0.15) is 40.7 Å². The molecular formula is C34H34O14. The number of carbonyl (C=O) groups is 5. The first-order valence-corrected chi connectivity index (χ1v) is 14.6. The Balaban J connectivity index is 0.000000373. The molecule has 3 aromatic carbocycles. The molecule has 0 atom stereocenters. The van der Waals surface area contributed by atoms with Crippen molar-refractivity contribution in [2.75, 3.05) is 0 Å². The average Bonchev–Trinajstić information content (AvgIpc) is 3.16. The van der Waals surface area contributed by atoms with Crippen LogP contribution >= 0.6 is 0 Å². The molecule has 0 saturated carbocycles. The highest BCUT2D eigenvalue weighted by Crippen LogP contribution is 2.50. The molecule has 1 heterocycles. The molecule has 254 valence electrons. The Bertz CT molecular complexity index is 1790. The summed E-state index contributed by atoms with van der Waals surface area (Å²) in [7, 11) is 0. The van der Waals surface area contributed by atoms with E-state index in [1.54, 1.807) is 12.1 Å². The van der Waals surface area contributed by atoms with Gasteiger partial charge in [-0.15, -0.1) is 0 Å². The quantitative estimate of drug-likeness (QED) is 0.0491. The average molecular weight is 667 g/mol. The van der Waals surface area contributed by atoms with Crippen LogP contribution in [0.15, 0.2) is 36.4 Å². The molecule has 48 heavy (non-hydrogen) atoms. The first-order chi connectivity index (χ1) is 22.7. The van der Waals surface area contributed by atoms with Crippen molar-refractivity contribution < 1.29 is 68.8 Å². The molecule has 1 aliphatic heterocycles. The molecule has 14 nitrogen and oxygen atoms in total. The van der Waals surface area contributed by atoms with E-state index in [0.29, 0.717) is 12.2 Å². The number of aldehydes is 1. The van der Waals surface area contributed by atoms with Crippen LogP contribution in [0.4, 0.5) is 0 Å². The van der Waals surface area contributed by atoms with E-state index in [0.717, 1.165) is 24.5 Å². The third kappa shape index (κ3) is 8.40. The molecule has 0 radical (unpaired) electrons. The maximum atomic E-state index is 12.9. The zero-order chi connectivity index (χ0) is 35.7. The maximum Gasteiger partial charge on any atom is 0.347 e. The second-order valence-electron chi connectivity index (χ2n) is 10.6. The Hall–Kier alpha value is -6.05. The van der Waals surface area contributed by atoms with Gasteiger partial charge >= 0.3 is 23.9 Å². The Morgan fingerprint density at radius 3 is 2.19 bits per heavy atom. The maximum absolute atomic E-state index is 12.9. The summed E-state index contributed by atoms with van der Waals surface area (Å²) in [6.45, 7) is 4.01. The van der Waals surface area contributed by atoms with Crippen molar-refractivity contribution in [1.29, 1.82) is 0 Å². The first-order valence-electron chi connectivity index (χ1n) is 14.6. The van der Waals surface area contributed by atoms with Gasteiger partial charge in [-0.2, -0.15) is 0 Å². The van der Waals surface area contributed by atoms with Crippen molar-refractivity contribution in [3.8, 4) is 40.2 Å². The van der Waals surface area contributed by atoms with E-state index in [1.165, 1.54) is 39.2 Å². The van der Waals surface area contributed by atoms with Crippen LogP contribution in [-0.4, -0.2) is 60.8 Å². The Kier molecular flexibility index (Phi) is 12.1. The second-order valence-corrected chi connectivity index (χ2v) is 10.6. The fourth-order valence-electron chi connectivity index (χ4n) is 4.82. The fourth-order valence-corrected chi connectivity index (χ4v) is 4.82. The number of carboxylic acid groups (broad SMARTS) is 2. The van der Waals surface area contributed by atoms with Gasteiger partial charge in [0.15, 0.2) is 23.5 Å². The number of carbonyl (C=O) groups excluding carboxylic acids is 3. The third-order valence-electron chi connectivity index (χ3n) is 7.24. The number of unbranched alkanes of at least 4 members (excludes halogenated alkanes) is 3. The van der Waals surface area contributed by atoms with Gasteiger partial charge in [0, 0.05) is 23.8 Å². The van der Waals surface area contributed by atoms with Crippen LogP contribution in [-0.2, 0) is 27.4 Å². The lowest BCUT2D eigenvalue weighted by Gasteiger charge is -2.18. The molecule has 0 fully saturated rings. The van der Waals surface area contributed by atoms with Crippen molar-refractivity contribution >= 4 is 30.2 Å². The molecule has 6 N–H and O–H groups in total. The lowest BCUT2D eigenvalue weighted by molar-refractivity contribution is -0.139. The standard InChI is InChI=1S/C22H16O12.C12H18O2/c1-8-5-12(24)10(6-23)19-15(8)22(31)34-20-11(7-32-14(27)4-3-13(25)26)17(28)16(21(29)30)9(2)18(20)33-19;1-2-3-4-5-6-10-7-8-11(13)9-12(10)14/h3-6,24,28H,7H2,1-2H3,(H,25,26)(H,29,30);7-9,13-14H,2-6H2,1H3. The van der Waals surface area contributed by atoms with Gasteiger partial charge in [-0.25, -0.2) is 19.2 Å². The minimum absolute atomic E-state index is 0.125. The van der Waals surface area contributed by atoms with Crippen molar-refractivity contribution in [3.63, 3.8) is 0 Å². The van der Waals surface area contributed by atoms with E-state index in [1.807, 2.05) is 0 Å². The van der Waals surface area contributed by atoms with Crippen molar-refractivity contribution in [1.82, 2.24) is 0 Å². The van der Waals surface area contributed by atoms with E-state index in [9.17, 15) is 44.4 Å². The number of aliphatic carboxylic acids is 1. The summed E-state index contributed by atoms with van der Waals surface area (Å²) in [6.07, 6.45) is 6.98. The lowest BCUT2D eigenvalue weighted by Crippen LogP contribution is -2.13. The Morgan fingerprint density at radius 2 is 1.58 bits per heavy atom. The van der Waals surface area contributed by atoms with E-state index in [4.69, 9.17) is 24.4 Å². The van der Waals surface area contributed by atoms with Crippen LogP contribution in [0.25, 0.3) is 0 Å². The highest BCUT2D eigenvalue weighted by molar-refractivity contribution is 6.02. The normalized spacial score (nSPS) is 11.6. The number of aryl methyl sites for hydroxylation is 2. The van der Waals surface area contributed by atoms with E-state index in [2.05, 4.69) is 6.92 Å². The van der Waals surface area contributed by atoms with Gasteiger partial charge in [0.2, 0.25) is 0 Å². The molecule has 0 aromatic heterocycles. The van der Waals surface area contributed by atoms with Crippen LogP contribution in [0, 0.1) is 13.8 Å². The molecule has 0 bridgehead atoms. The minimum Gasteiger partial charge on any atom is -0.508 e. The van der Waals surface area contributed by atoms with Crippen LogP contribution in [0.3, 0.4) is 0 Å². The number of fused-ring (bicyclic) bond motifs is 2. The zero-order valence-corrected chi connectivity index (χ0v) is 26.2. The van der Waals surface area contributed by atoms with Crippen LogP contribution in [0.2, 0.25) is 0 Å². The number of aromatic hydroxyl groups is 4. The minimum atomic E-state index is -1.60. The van der Waals surface area contributed by atoms with E-state index in [-0.39, 0.29) is 40.2 Å². The van der Waals surface area contributed by atoms with Crippen LogP contribution < -0.4 is 9.47 Å². The fraction of sp³-hybridized carbons (Fsp3) is 0.265. The van der Waals surface area contributed by atoms with Gasteiger partial charge < -0.3 is 44.8 Å². The molecular weight excluding hydrogens is 632 g/mol. The summed E-state index contributed by atoms with van der Waals surface area (Å²) in [4.78, 5) is 58.6. The number of benzene rings is 3. The number of aromatic carboxylic acids is 1. The predicted molar refractivity (Wildman–Crippen MR) is 167 cm³/mol. The first kappa shape index (κ1) is 36.4. The molecule has 0 unspecified atom stereocenters. The summed E-state index contributed by atoms with van der Waals surface area (Å²) >= 11 is 0. The summed E-state index contributed by atoms with van der Waals surface area (Å²) < 4.78 is 15.9. The van der Waals surface area contributed by atoms with Crippen molar-refractivity contribution in [3.05, 3.63) is 75.4 Å². The number of hydrogen-bond donors (Lipinski definition) is 6. The molecule has 0 spiro atoms. The lowest BCUT2D eigenvalue weighted by atomic mass is 10.0. The van der Waals surface area contributed by atoms with Gasteiger partial charge in [0.05, 0.1) is 11.1 Å². The smallest absolute Gasteiger partial charge is 0.347 e. The summed E-state index contributed by atoms with van der Waals surface area (Å²) in [5.74, 6) is -7.58. The number of carboxylic acids is 2. The SMILES string of the molecule is CCCCCCc1ccc(O)cc1O.Cc1cc(O)c(C=O)c2c1C(=O)Oc1c(COC(=O)C=CC(=O)O)c(O)c(C(=O)O)c(C)c1O2. The van der Waals surface area contributed by atoms with Gasteiger partial charge in [-0.3, -0.25) is 4.79 Å². The monoisotopic (exact) mass is 666 g/mol. The van der Waals surface area contributed by atoms with Crippen LogP contribution in [0.5, 0.6) is 40.2 Å². The molecule has 0 aliphatic carbocycles. The van der Waals surface area contributed by atoms with Crippen molar-refractivity contribution in [2.45, 2.75) is 59.5 Å². The zero-order valence-electron chi connectivity index (χ0n) is 26.2. The summed E-state index contributed by atoms with van der Waals surface area (Å²) in [5, 5.41) is 57.5. The number of ether oxygens (including phenoxy) is 3. The highest BCUT2D eigenvalue weighted by atomic mass is 16.6. The van der Waals surface area contributed by atoms with Crippen LogP contribution in [0.1, 0.15) is 85.9 Å². The number of hydrogen-bond acceptors (Lipinski definition) is 12. The predicted octanol–water partition coefficient (Wildman–Crippen LogP) is 5.45. The largest absolute Gasteiger partial charge is 0.508 e.